The summed E-state index contributed by atoms with van der Waals surface area (Å²) < 4.78 is 0. The van der Waals surface area contributed by atoms with Crippen LogP contribution in [-0.4, -0.2) is 30.3 Å². The summed E-state index contributed by atoms with van der Waals surface area (Å²) in [6, 6.07) is 28.7. The van der Waals surface area contributed by atoms with Gasteiger partial charge in [0.25, 0.3) is 0 Å². The van der Waals surface area contributed by atoms with E-state index in [2.05, 4.69) is 16.1 Å². The van der Waals surface area contributed by atoms with Gasteiger partial charge in [-0.05, 0) is 36.0 Å². The Kier molecular flexibility index (Phi) is 13.3. The fourth-order valence-electron chi connectivity index (χ4n) is 4.17. The number of hydrogen-bond acceptors (Lipinski definition) is 4. The molecule has 39 heavy (non-hydrogen) atoms. The Morgan fingerprint density at radius 3 is 1.79 bits per heavy atom. The van der Waals surface area contributed by atoms with Gasteiger partial charge in [0.05, 0.1) is 6.61 Å². The quantitative estimate of drug-likeness (QED) is 0.175. The first kappa shape index (κ1) is 29.6. The molecule has 3 N–H and O–H groups in total. The van der Waals surface area contributed by atoms with Crippen LogP contribution in [0.25, 0.3) is 0 Å². The Morgan fingerprint density at radius 2 is 1.18 bits per heavy atom. The molecule has 7 heteroatoms. The highest BCUT2D eigenvalue weighted by atomic mass is 16.6. The Morgan fingerprint density at radius 1 is 0.641 bits per heavy atom. The maximum Gasteiger partial charge on any atom is 0.243 e. The number of unbranched alkanes of at least 4 members (excludes halogenated alkanes) is 3. The lowest BCUT2D eigenvalue weighted by Gasteiger charge is -2.19. The Labute approximate surface area is 231 Å². The number of rotatable bonds is 17. The van der Waals surface area contributed by atoms with Crippen LogP contribution in [0.15, 0.2) is 91.0 Å². The van der Waals surface area contributed by atoms with E-state index in [1.807, 2.05) is 91.0 Å². The molecule has 7 nitrogen and oxygen atoms in total. The van der Waals surface area contributed by atoms with E-state index >= 15 is 0 Å². The minimum atomic E-state index is -0.629. The predicted octanol–water partition coefficient (Wildman–Crippen LogP) is 4.66. The van der Waals surface area contributed by atoms with Crippen molar-refractivity contribution in [1.82, 2.24) is 16.1 Å². The summed E-state index contributed by atoms with van der Waals surface area (Å²) in [5.41, 5.74) is 5.61. The first-order chi connectivity index (χ1) is 19.1. The molecule has 0 saturated carbocycles. The lowest BCUT2D eigenvalue weighted by Crippen LogP contribution is -2.48. The molecule has 1 atom stereocenters. The molecular weight excluding hydrogens is 490 g/mol. The molecule has 3 aromatic carbocycles. The minimum absolute atomic E-state index is 0.138. The van der Waals surface area contributed by atoms with Gasteiger partial charge in [0.2, 0.25) is 17.7 Å². The molecule has 3 amide bonds. The highest BCUT2D eigenvalue weighted by molar-refractivity contribution is 5.87. The van der Waals surface area contributed by atoms with Crippen LogP contribution in [0.1, 0.15) is 55.2 Å². The van der Waals surface area contributed by atoms with E-state index in [0.717, 1.165) is 42.4 Å². The fraction of sp³-hybridized carbons (Fsp3) is 0.344. The van der Waals surface area contributed by atoms with Gasteiger partial charge < -0.3 is 10.6 Å². The minimum Gasteiger partial charge on any atom is -0.354 e. The smallest absolute Gasteiger partial charge is 0.243 e. The monoisotopic (exact) mass is 529 g/mol. The molecule has 0 unspecified atom stereocenters. The molecule has 3 rings (SSSR count). The molecule has 0 aliphatic carbocycles. The van der Waals surface area contributed by atoms with E-state index in [-0.39, 0.29) is 17.7 Å². The van der Waals surface area contributed by atoms with Crippen LogP contribution in [-0.2, 0) is 38.7 Å². The van der Waals surface area contributed by atoms with Gasteiger partial charge in [0.1, 0.15) is 6.04 Å². The van der Waals surface area contributed by atoms with Crippen molar-refractivity contribution in [3.8, 4) is 0 Å². The van der Waals surface area contributed by atoms with Crippen LogP contribution in [0.3, 0.4) is 0 Å². The van der Waals surface area contributed by atoms with Crippen LogP contribution < -0.4 is 16.1 Å². The van der Waals surface area contributed by atoms with Crippen molar-refractivity contribution in [2.24, 2.45) is 0 Å². The van der Waals surface area contributed by atoms with Gasteiger partial charge in [-0.1, -0.05) is 104 Å². The zero-order chi connectivity index (χ0) is 27.5. The van der Waals surface area contributed by atoms with Gasteiger partial charge in [0, 0.05) is 25.8 Å². The first-order valence-electron chi connectivity index (χ1n) is 13.7. The number of carbonyl (C=O) groups excluding carboxylic acids is 3. The van der Waals surface area contributed by atoms with Crippen molar-refractivity contribution in [1.29, 1.82) is 0 Å². The molecule has 3 aromatic rings. The molecule has 0 radical (unpaired) electrons. The number of hydrogen-bond donors (Lipinski definition) is 3. The standard InChI is InChI=1S/C32H39N3O4/c36-30(20-12-1-2-13-21-31(37)35-39-25-28-18-10-5-11-19-28)34-29(24-27-16-8-4-9-17-27)32(38)33-23-22-26-14-6-3-7-15-26/h3-11,14-19,29H,1-2,12-13,20-25H2,(H,33,38)(H,34,36)(H,35,37)/t29-/m1/s1. The van der Waals surface area contributed by atoms with Crippen molar-refractivity contribution in [3.63, 3.8) is 0 Å². The summed E-state index contributed by atoms with van der Waals surface area (Å²) in [5, 5.41) is 5.90. The summed E-state index contributed by atoms with van der Waals surface area (Å²) in [5.74, 6) is -0.462. The molecule has 0 aromatic heterocycles. The summed E-state index contributed by atoms with van der Waals surface area (Å²) in [6.07, 6.45) is 4.98. The van der Waals surface area contributed by atoms with E-state index in [9.17, 15) is 14.4 Å². The van der Waals surface area contributed by atoms with E-state index in [1.54, 1.807) is 0 Å². The molecule has 0 aliphatic rings. The molecule has 0 aliphatic heterocycles. The summed E-state index contributed by atoms with van der Waals surface area (Å²) in [7, 11) is 0. The number of amides is 3. The third-order valence-electron chi connectivity index (χ3n) is 6.32. The zero-order valence-corrected chi connectivity index (χ0v) is 22.4. The third-order valence-corrected chi connectivity index (χ3v) is 6.32. The maximum atomic E-state index is 12.9. The predicted molar refractivity (Wildman–Crippen MR) is 152 cm³/mol. The first-order valence-corrected chi connectivity index (χ1v) is 13.7. The van der Waals surface area contributed by atoms with E-state index in [0.29, 0.717) is 38.8 Å². The number of benzene rings is 3. The molecule has 0 bridgehead atoms. The number of hydroxylamine groups is 1. The Hall–Kier alpha value is -3.97. The van der Waals surface area contributed by atoms with Crippen molar-refractivity contribution < 1.29 is 19.2 Å². The topological polar surface area (TPSA) is 96.5 Å². The summed E-state index contributed by atoms with van der Waals surface area (Å²) in [4.78, 5) is 42.8. The van der Waals surface area contributed by atoms with Crippen LogP contribution in [0.4, 0.5) is 0 Å². The second kappa shape index (κ2) is 17.5. The van der Waals surface area contributed by atoms with E-state index in [4.69, 9.17) is 4.84 Å². The van der Waals surface area contributed by atoms with Gasteiger partial charge in [-0.15, -0.1) is 0 Å². The van der Waals surface area contributed by atoms with Gasteiger partial charge >= 0.3 is 0 Å². The normalized spacial score (nSPS) is 11.4. The van der Waals surface area contributed by atoms with Crippen LogP contribution in [0.5, 0.6) is 0 Å². The largest absolute Gasteiger partial charge is 0.354 e. The lowest BCUT2D eigenvalue weighted by atomic mass is 10.0. The summed E-state index contributed by atoms with van der Waals surface area (Å²) >= 11 is 0. The Bertz CT molecular complexity index is 1120. The number of carbonyl (C=O) groups is 3. The second-order valence-corrected chi connectivity index (χ2v) is 9.55. The van der Waals surface area contributed by atoms with Crippen LogP contribution >= 0.6 is 0 Å². The van der Waals surface area contributed by atoms with Gasteiger partial charge in [0.15, 0.2) is 0 Å². The van der Waals surface area contributed by atoms with Crippen molar-refractivity contribution in [3.05, 3.63) is 108 Å². The van der Waals surface area contributed by atoms with Crippen molar-refractivity contribution in [2.45, 2.75) is 64.0 Å². The van der Waals surface area contributed by atoms with E-state index in [1.165, 1.54) is 0 Å². The molecule has 0 spiro atoms. The molecule has 0 heterocycles. The van der Waals surface area contributed by atoms with Crippen LogP contribution in [0.2, 0.25) is 0 Å². The van der Waals surface area contributed by atoms with E-state index < -0.39 is 6.04 Å². The van der Waals surface area contributed by atoms with Gasteiger partial charge in [-0.3, -0.25) is 19.2 Å². The fourth-order valence-corrected chi connectivity index (χ4v) is 4.17. The summed E-state index contributed by atoms with van der Waals surface area (Å²) in [6.45, 7) is 0.840. The number of nitrogens with one attached hydrogen (secondary N) is 3. The molecule has 206 valence electrons. The highest BCUT2D eigenvalue weighted by Crippen LogP contribution is 2.08. The Balaban J connectivity index is 1.32. The van der Waals surface area contributed by atoms with Crippen LogP contribution in [0, 0.1) is 0 Å². The zero-order valence-electron chi connectivity index (χ0n) is 22.4. The SMILES string of the molecule is O=C(CCCCCCC(=O)N[C@H](Cc1ccccc1)C(=O)NCCc1ccccc1)NOCc1ccccc1. The molecule has 0 fully saturated rings. The average molecular weight is 530 g/mol. The molecular formula is C32H39N3O4. The second-order valence-electron chi connectivity index (χ2n) is 9.55. The van der Waals surface area contributed by atoms with Gasteiger partial charge in [-0.25, -0.2) is 5.48 Å². The van der Waals surface area contributed by atoms with Crippen molar-refractivity contribution >= 4 is 17.7 Å². The molecule has 0 saturated heterocycles. The van der Waals surface area contributed by atoms with Crippen molar-refractivity contribution in [2.75, 3.05) is 6.54 Å². The third kappa shape index (κ3) is 12.4. The van der Waals surface area contributed by atoms with Gasteiger partial charge in [-0.2, -0.15) is 0 Å². The average Bonchev–Trinajstić information content (AvgIpc) is 2.96. The maximum absolute atomic E-state index is 12.9. The highest BCUT2D eigenvalue weighted by Gasteiger charge is 2.20. The lowest BCUT2D eigenvalue weighted by molar-refractivity contribution is -0.134.